The minimum Gasteiger partial charge on any atom is -0.493 e. The Kier molecular flexibility index (Phi) is 5.64. The Morgan fingerprint density at radius 2 is 2.00 bits per heavy atom. The number of para-hydroxylation sites is 1. The van der Waals surface area contributed by atoms with Crippen LogP contribution in [-0.2, 0) is 14.6 Å². The van der Waals surface area contributed by atoms with Crippen LogP contribution >= 0.6 is 0 Å². The molecule has 6 nitrogen and oxygen atoms in total. The van der Waals surface area contributed by atoms with Crippen molar-refractivity contribution >= 4 is 15.7 Å². The van der Waals surface area contributed by atoms with Crippen LogP contribution < -0.4 is 9.64 Å². The van der Waals surface area contributed by atoms with Crippen LogP contribution in [0.15, 0.2) is 24.3 Å². The van der Waals surface area contributed by atoms with Gasteiger partial charge in [0.05, 0.1) is 45.0 Å². The zero-order chi connectivity index (χ0) is 17.9. The van der Waals surface area contributed by atoms with Crippen LogP contribution in [0.5, 0.6) is 5.75 Å². The van der Waals surface area contributed by atoms with E-state index in [9.17, 15) is 13.2 Å². The van der Waals surface area contributed by atoms with Gasteiger partial charge < -0.3 is 14.5 Å². The highest BCUT2D eigenvalue weighted by Crippen LogP contribution is 2.16. The number of benzene rings is 1. The monoisotopic (exact) mass is 367 g/mol. The maximum absolute atomic E-state index is 12.3. The first-order chi connectivity index (χ1) is 11.9. The highest BCUT2D eigenvalue weighted by molar-refractivity contribution is 7.91. The molecule has 1 amide bonds. The van der Waals surface area contributed by atoms with Crippen molar-refractivity contribution in [1.82, 2.24) is 4.90 Å². The molecule has 0 saturated carbocycles. The Labute approximate surface area is 149 Å². The van der Waals surface area contributed by atoms with Crippen LogP contribution in [0.1, 0.15) is 18.4 Å². The number of piperazine rings is 1. The summed E-state index contributed by atoms with van der Waals surface area (Å²) < 4.78 is 29.0. The molecule has 1 aromatic rings. The lowest BCUT2D eigenvalue weighted by atomic mass is 10.2. The van der Waals surface area contributed by atoms with E-state index in [0.29, 0.717) is 37.6 Å². The van der Waals surface area contributed by atoms with Crippen LogP contribution in [0, 0.1) is 6.92 Å². The molecule has 0 aromatic heterocycles. The van der Waals surface area contributed by atoms with Gasteiger partial charge >= 0.3 is 0 Å². The van der Waals surface area contributed by atoms with Gasteiger partial charge in [-0.05, 0) is 18.6 Å². The first-order valence-corrected chi connectivity index (χ1v) is 10.8. The number of quaternary nitrogens is 1. The molecule has 2 saturated heterocycles. The number of sulfone groups is 1. The molecular weight excluding hydrogens is 340 g/mol. The van der Waals surface area contributed by atoms with Crippen molar-refractivity contribution in [2.45, 2.75) is 25.8 Å². The molecule has 3 rings (SSSR count). The number of nitrogens with one attached hydrogen (secondary N) is 1. The summed E-state index contributed by atoms with van der Waals surface area (Å²) in [6, 6.07) is 8.01. The average molecular weight is 367 g/mol. The van der Waals surface area contributed by atoms with Crippen molar-refractivity contribution < 1.29 is 22.8 Å². The highest BCUT2D eigenvalue weighted by Gasteiger charge is 2.37. The highest BCUT2D eigenvalue weighted by atomic mass is 32.2. The van der Waals surface area contributed by atoms with Crippen molar-refractivity contribution in [1.29, 1.82) is 0 Å². The van der Waals surface area contributed by atoms with Gasteiger partial charge in [-0.2, -0.15) is 0 Å². The summed E-state index contributed by atoms with van der Waals surface area (Å²) in [5, 5.41) is 0. The summed E-state index contributed by atoms with van der Waals surface area (Å²) in [7, 11) is -2.83. The Hall–Kier alpha value is -1.60. The first kappa shape index (κ1) is 18.2. The lowest BCUT2D eigenvalue weighted by Gasteiger charge is -2.35. The lowest BCUT2D eigenvalue weighted by molar-refractivity contribution is -0.925. The molecule has 0 unspecified atom stereocenters. The largest absolute Gasteiger partial charge is 0.493 e. The summed E-state index contributed by atoms with van der Waals surface area (Å²) >= 11 is 0. The van der Waals surface area contributed by atoms with Crippen molar-refractivity contribution in [2.24, 2.45) is 0 Å². The molecule has 1 N–H and O–H groups in total. The molecule has 7 heteroatoms. The fraction of sp³-hybridized carbons (Fsp3) is 0.611. The molecule has 2 heterocycles. The number of aryl methyl sites for hydroxylation is 1. The number of hydrogen-bond acceptors (Lipinski definition) is 4. The normalized spacial score (nSPS) is 23.6. The lowest BCUT2D eigenvalue weighted by Crippen LogP contribution is -3.18. The second-order valence-electron chi connectivity index (χ2n) is 7.00. The SMILES string of the molecule is Cc1ccccc1OCCC(=O)N1CC[NH+]([C@H]2CCS(=O)(=O)C2)CC1. The fourth-order valence-corrected chi connectivity index (χ4v) is 5.52. The van der Waals surface area contributed by atoms with Crippen molar-refractivity contribution in [3.8, 4) is 5.75 Å². The number of carbonyl (C=O) groups excluding carboxylic acids is 1. The molecule has 25 heavy (non-hydrogen) atoms. The molecule has 2 fully saturated rings. The van der Waals surface area contributed by atoms with Gasteiger partial charge in [0.1, 0.15) is 17.5 Å². The molecule has 0 spiro atoms. The van der Waals surface area contributed by atoms with E-state index >= 15 is 0 Å². The zero-order valence-corrected chi connectivity index (χ0v) is 15.6. The molecule has 1 aromatic carbocycles. The minimum absolute atomic E-state index is 0.117. The van der Waals surface area contributed by atoms with E-state index in [4.69, 9.17) is 4.74 Å². The van der Waals surface area contributed by atoms with Crippen LogP contribution in [0.25, 0.3) is 0 Å². The number of amides is 1. The van der Waals surface area contributed by atoms with Crippen molar-refractivity contribution in [3.05, 3.63) is 29.8 Å². The number of nitrogens with zero attached hydrogens (tertiary/aromatic N) is 1. The molecule has 1 atom stereocenters. The van der Waals surface area contributed by atoms with Gasteiger partial charge in [0, 0.05) is 6.42 Å². The van der Waals surface area contributed by atoms with Crippen LogP contribution in [0.2, 0.25) is 0 Å². The van der Waals surface area contributed by atoms with E-state index < -0.39 is 9.84 Å². The van der Waals surface area contributed by atoms with E-state index in [1.807, 2.05) is 36.1 Å². The zero-order valence-electron chi connectivity index (χ0n) is 14.7. The van der Waals surface area contributed by atoms with Gasteiger partial charge in [-0.15, -0.1) is 0 Å². The van der Waals surface area contributed by atoms with E-state index in [0.717, 1.165) is 30.8 Å². The summed E-state index contributed by atoms with van der Waals surface area (Å²) in [5.41, 5.74) is 1.07. The third-order valence-corrected chi connectivity index (χ3v) is 7.00. The number of ether oxygens (including phenoxy) is 1. The maximum Gasteiger partial charge on any atom is 0.226 e. The number of rotatable bonds is 5. The molecule has 2 aliphatic rings. The van der Waals surface area contributed by atoms with Gasteiger partial charge in [0.15, 0.2) is 9.84 Å². The molecule has 2 aliphatic heterocycles. The Morgan fingerprint density at radius 3 is 2.64 bits per heavy atom. The quantitative estimate of drug-likeness (QED) is 0.774. The van der Waals surface area contributed by atoms with Crippen LogP contribution in [0.3, 0.4) is 0 Å². The van der Waals surface area contributed by atoms with E-state index in [2.05, 4.69) is 0 Å². The minimum atomic E-state index is -2.83. The van der Waals surface area contributed by atoms with E-state index in [1.165, 1.54) is 4.90 Å². The summed E-state index contributed by atoms with van der Waals surface area (Å²) in [6.45, 7) is 5.46. The van der Waals surface area contributed by atoms with Gasteiger partial charge in [-0.3, -0.25) is 4.79 Å². The maximum atomic E-state index is 12.3. The van der Waals surface area contributed by atoms with E-state index in [-0.39, 0.29) is 11.9 Å². The molecule has 0 radical (unpaired) electrons. The Bertz CT molecular complexity index is 712. The van der Waals surface area contributed by atoms with Gasteiger partial charge in [0.2, 0.25) is 5.91 Å². The standard InChI is InChI=1S/C18H26N2O4S/c1-15-4-2-3-5-17(15)24-12-6-18(21)20-10-8-19(9-11-20)16-7-13-25(22,23)14-16/h2-5,16H,6-14H2,1H3/p+1/t16-/m0/s1. The second-order valence-corrected chi connectivity index (χ2v) is 9.23. The van der Waals surface area contributed by atoms with Gasteiger partial charge in [-0.1, -0.05) is 18.2 Å². The third-order valence-electron chi connectivity index (χ3n) is 5.24. The Balaban J connectivity index is 1.40. The Morgan fingerprint density at radius 1 is 1.28 bits per heavy atom. The first-order valence-electron chi connectivity index (χ1n) is 8.96. The van der Waals surface area contributed by atoms with Crippen LogP contribution in [0.4, 0.5) is 0 Å². The number of hydrogen-bond donors (Lipinski definition) is 1. The van der Waals surface area contributed by atoms with Crippen LogP contribution in [-0.4, -0.2) is 69.6 Å². The summed E-state index contributed by atoms with van der Waals surface area (Å²) in [4.78, 5) is 15.6. The fourth-order valence-electron chi connectivity index (χ4n) is 3.69. The predicted octanol–water partition coefficient (Wildman–Crippen LogP) is -0.322. The third kappa shape index (κ3) is 4.73. The van der Waals surface area contributed by atoms with Gasteiger partial charge in [0.25, 0.3) is 0 Å². The molecule has 0 bridgehead atoms. The molecule has 138 valence electrons. The smallest absolute Gasteiger partial charge is 0.226 e. The topological polar surface area (TPSA) is 68.1 Å². The number of carbonyl (C=O) groups is 1. The van der Waals surface area contributed by atoms with Crippen molar-refractivity contribution in [2.75, 3.05) is 44.3 Å². The van der Waals surface area contributed by atoms with Gasteiger partial charge in [-0.25, -0.2) is 8.42 Å². The van der Waals surface area contributed by atoms with E-state index in [1.54, 1.807) is 0 Å². The average Bonchev–Trinajstić information content (AvgIpc) is 2.96. The summed E-state index contributed by atoms with van der Waals surface area (Å²) in [5.74, 6) is 1.57. The predicted molar refractivity (Wildman–Crippen MR) is 95.6 cm³/mol. The van der Waals surface area contributed by atoms with Crippen molar-refractivity contribution in [3.63, 3.8) is 0 Å². The summed E-state index contributed by atoms with van der Waals surface area (Å²) in [6.07, 6.45) is 1.14. The second kappa shape index (κ2) is 7.74. The molecular formula is C18H27N2O4S+. The molecule has 0 aliphatic carbocycles.